The number of thiocarbonyl (C=S) groups is 1. The van der Waals surface area contributed by atoms with Crippen LogP contribution in [0.5, 0.6) is 0 Å². The van der Waals surface area contributed by atoms with Crippen molar-refractivity contribution >= 4 is 29.1 Å². The van der Waals surface area contributed by atoms with E-state index in [1.165, 1.54) is 11.6 Å². The minimum absolute atomic E-state index is 0.0522. The zero-order valence-corrected chi connectivity index (χ0v) is 12.2. The van der Waals surface area contributed by atoms with Crippen LogP contribution in [0.1, 0.15) is 33.6 Å². The number of hydrogen-bond donors (Lipinski definition) is 2. The lowest BCUT2D eigenvalue weighted by Gasteiger charge is -2.15. The molecule has 1 aliphatic heterocycles. The fourth-order valence-electron chi connectivity index (χ4n) is 1.52. The Morgan fingerprint density at radius 2 is 1.74 bits per heavy atom. The monoisotopic (exact) mass is 278 g/mol. The van der Waals surface area contributed by atoms with Crippen molar-refractivity contribution in [2.45, 2.75) is 33.6 Å². The summed E-state index contributed by atoms with van der Waals surface area (Å²) in [6, 6.07) is 0. The van der Waals surface area contributed by atoms with Crippen molar-refractivity contribution in [3.05, 3.63) is 34.9 Å². The van der Waals surface area contributed by atoms with Crippen LogP contribution in [0.3, 0.4) is 0 Å². The van der Waals surface area contributed by atoms with E-state index in [9.17, 15) is 9.59 Å². The molecule has 1 heterocycles. The van der Waals surface area contributed by atoms with Crippen LogP contribution in [0.15, 0.2) is 34.9 Å². The van der Waals surface area contributed by atoms with Crippen LogP contribution in [0, 0.1) is 0 Å². The molecule has 5 heteroatoms. The quantitative estimate of drug-likeness (QED) is 0.358. The summed E-state index contributed by atoms with van der Waals surface area (Å²) in [7, 11) is 0. The molecule has 1 fully saturated rings. The molecular weight excluding hydrogens is 260 g/mol. The predicted octanol–water partition coefficient (Wildman–Crippen LogP) is 2.14. The Bertz CT molecular complexity index is 476. The Hall–Kier alpha value is -1.75. The topological polar surface area (TPSA) is 58.2 Å². The zero-order chi connectivity index (χ0) is 14.4. The van der Waals surface area contributed by atoms with Crippen molar-refractivity contribution in [3.8, 4) is 0 Å². The Morgan fingerprint density at radius 3 is 2.26 bits per heavy atom. The molecule has 2 amide bonds. The number of nitrogens with one attached hydrogen (secondary N) is 2. The van der Waals surface area contributed by atoms with Gasteiger partial charge in [-0.2, -0.15) is 0 Å². The number of hydrogen-bond acceptors (Lipinski definition) is 3. The minimum Gasteiger partial charge on any atom is -0.299 e. The molecule has 0 bridgehead atoms. The van der Waals surface area contributed by atoms with Gasteiger partial charge in [-0.05, 0) is 51.9 Å². The summed E-state index contributed by atoms with van der Waals surface area (Å²) in [4.78, 5) is 23.1. The molecule has 0 saturated carbocycles. The Labute approximate surface area is 118 Å². The molecular formula is C14H18N2O2S. The number of carbonyl (C=O) groups excluding carboxylic acids is 2. The molecule has 0 aromatic heterocycles. The lowest BCUT2D eigenvalue weighted by Crippen LogP contribution is -2.51. The van der Waals surface area contributed by atoms with Gasteiger partial charge >= 0.3 is 0 Å². The minimum atomic E-state index is -0.456. The summed E-state index contributed by atoms with van der Waals surface area (Å²) in [6.07, 6.45) is 7.34. The van der Waals surface area contributed by atoms with Crippen LogP contribution in [0.25, 0.3) is 0 Å². The van der Waals surface area contributed by atoms with Gasteiger partial charge in [0.15, 0.2) is 5.11 Å². The molecule has 0 radical (unpaired) electrons. The van der Waals surface area contributed by atoms with E-state index in [-0.39, 0.29) is 10.7 Å². The van der Waals surface area contributed by atoms with Crippen LogP contribution < -0.4 is 10.6 Å². The molecule has 1 saturated heterocycles. The largest absolute Gasteiger partial charge is 0.299 e. The summed E-state index contributed by atoms with van der Waals surface area (Å²) in [5.74, 6) is -0.913. The smallest absolute Gasteiger partial charge is 0.263 e. The van der Waals surface area contributed by atoms with Crippen molar-refractivity contribution in [1.82, 2.24) is 10.6 Å². The first-order valence-electron chi connectivity index (χ1n) is 6.07. The van der Waals surface area contributed by atoms with Gasteiger partial charge in [0.25, 0.3) is 11.8 Å². The molecule has 1 aliphatic rings. The second kappa shape index (κ2) is 6.99. The first kappa shape index (κ1) is 15.3. The van der Waals surface area contributed by atoms with Gasteiger partial charge in [0.2, 0.25) is 0 Å². The molecule has 0 aliphatic carbocycles. The summed E-state index contributed by atoms with van der Waals surface area (Å²) in [5.41, 5.74) is 2.47. The first-order chi connectivity index (χ1) is 8.90. The Balaban J connectivity index is 2.68. The van der Waals surface area contributed by atoms with Crippen molar-refractivity contribution in [2.24, 2.45) is 0 Å². The molecule has 0 aromatic carbocycles. The average Bonchev–Trinajstić information content (AvgIpc) is 2.26. The molecule has 1 rings (SSSR count). The highest BCUT2D eigenvalue weighted by atomic mass is 32.1. The second-order valence-corrected chi connectivity index (χ2v) is 5.06. The van der Waals surface area contributed by atoms with E-state index >= 15 is 0 Å². The fourth-order valence-corrected chi connectivity index (χ4v) is 1.71. The zero-order valence-electron chi connectivity index (χ0n) is 11.4. The highest BCUT2D eigenvalue weighted by Crippen LogP contribution is 2.08. The van der Waals surface area contributed by atoms with E-state index in [0.29, 0.717) is 0 Å². The predicted molar refractivity (Wildman–Crippen MR) is 79.4 cm³/mol. The van der Waals surface area contributed by atoms with Crippen LogP contribution in [0.2, 0.25) is 0 Å². The van der Waals surface area contributed by atoms with E-state index in [2.05, 4.69) is 30.6 Å². The van der Waals surface area contributed by atoms with E-state index in [0.717, 1.165) is 18.4 Å². The summed E-state index contributed by atoms with van der Waals surface area (Å²) in [6.45, 7) is 6.08. The molecule has 0 atom stereocenters. The van der Waals surface area contributed by atoms with Crippen LogP contribution >= 0.6 is 12.2 Å². The van der Waals surface area contributed by atoms with Gasteiger partial charge in [-0.15, -0.1) is 0 Å². The maximum absolute atomic E-state index is 11.6. The van der Waals surface area contributed by atoms with Gasteiger partial charge in [0, 0.05) is 0 Å². The first-order valence-corrected chi connectivity index (χ1v) is 6.48. The average molecular weight is 278 g/mol. The standard InChI is InChI=1S/C14H18N2O2S/c1-9(2)5-4-6-10(3)7-8-11-12(17)15-14(19)16-13(11)18/h5,7-8H,4,6H2,1-3H3,(H2,15,16,17,18,19)/b10-7+. The van der Waals surface area contributed by atoms with E-state index in [1.54, 1.807) is 6.08 Å². The van der Waals surface area contributed by atoms with Crippen LogP contribution in [-0.2, 0) is 9.59 Å². The number of rotatable bonds is 4. The van der Waals surface area contributed by atoms with Gasteiger partial charge in [-0.25, -0.2) is 0 Å². The Kier molecular flexibility index (Phi) is 5.63. The highest BCUT2D eigenvalue weighted by molar-refractivity contribution is 7.80. The maximum Gasteiger partial charge on any atom is 0.263 e. The maximum atomic E-state index is 11.6. The van der Waals surface area contributed by atoms with Crippen molar-refractivity contribution in [2.75, 3.05) is 0 Å². The molecule has 19 heavy (non-hydrogen) atoms. The third-order valence-electron chi connectivity index (χ3n) is 2.57. The van der Waals surface area contributed by atoms with E-state index in [1.807, 2.05) is 6.92 Å². The van der Waals surface area contributed by atoms with Crippen molar-refractivity contribution in [1.29, 1.82) is 0 Å². The lowest BCUT2D eigenvalue weighted by atomic mass is 10.1. The molecule has 102 valence electrons. The highest BCUT2D eigenvalue weighted by Gasteiger charge is 2.24. The summed E-state index contributed by atoms with van der Waals surface area (Å²) < 4.78 is 0. The van der Waals surface area contributed by atoms with Gasteiger partial charge < -0.3 is 0 Å². The summed E-state index contributed by atoms with van der Waals surface area (Å²) in [5, 5.41) is 4.84. The molecule has 2 N–H and O–H groups in total. The molecule has 0 aromatic rings. The molecule has 4 nitrogen and oxygen atoms in total. The van der Waals surface area contributed by atoms with Crippen molar-refractivity contribution in [3.63, 3.8) is 0 Å². The third-order valence-corrected chi connectivity index (χ3v) is 2.77. The van der Waals surface area contributed by atoms with Crippen LogP contribution in [0.4, 0.5) is 0 Å². The fraction of sp³-hybridized carbons (Fsp3) is 0.357. The van der Waals surface area contributed by atoms with Gasteiger partial charge in [-0.1, -0.05) is 23.3 Å². The number of amides is 2. The van der Waals surface area contributed by atoms with E-state index in [4.69, 9.17) is 12.2 Å². The number of carbonyl (C=O) groups is 2. The van der Waals surface area contributed by atoms with Gasteiger partial charge in [0.05, 0.1) is 0 Å². The third kappa shape index (κ3) is 5.18. The van der Waals surface area contributed by atoms with Gasteiger partial charge in [0.1, 0.15) is 5.57 Å². The van der Waals surface area contributed by atoms with Crippen molar-refractivity contribution < 1.29 is 9.59 Å². The second-order valence-electron chi connectivity index (χ2n) is 4.65. The number of allylic oxidation sites excluding steroid dienone is 5. The summed E-state index contributed by atoms with van der Waals surface area (Å²) >= 11 is 4.72. The molecule has 0 unspecified atom stereocenters. The SMILES string of the molecule is CC(C)=CCC/C(C)=C/C=C1C(=O)NC(=S)NC1=O. The van der Waals surface area contributed by atoms with E-state index < -0.39 is 11.8 Å². The van der Waals surface area contributed by atoms with Gasteiger partial charge in [-0.3, -0.25) is 20.2 Å². The normalized spacial score (nSPS) is 15.8. The Morgan fingerprint density at radius 1 is 1.16 bits per heavy atom. The lowest BCUT2D eigenvalue weighted by molar-refractivity contribution is -0.123. The van der Waals surface area contributed by atoms with Crippen LogP contribution in [-0.4, -0.2) is 16.9 Å². The molecule has 0 spiro atoms.